The molecule has 0 fully saturated rings. The number of nitrogens with zero attached hydrogens (tertiary/aromatic N) is 1. The van der Waals surface area contributed by atoms with Crippen molar-refractivity contribution in [2.75, 3.05) is 0 Å². The SMILES string of the molecule is CC(=Cc1ccc(Oc2cccnc2)cc1)C(=O)O.Cl. The third-order valence-corrected chi connectivity index (χ3v) is 2.47. The lowest BCUT2D eigenvalue weighted by molar-refractivity contribution is -0.132. The lowest BCUT2D eigenvalue weighted by atomic mass is 10.1. The van der Waals surface area contributed by atoms with Gasteiger partial charge in [-0.1, -0.05) is 12.1 Å². The maximum Gasteiger partial charge on any atom is 0.331 e. The summed E-state index contributed by atoms with van der Waals surface area (Å²) in [4.78, 5) is 14.7. The predicted octanol–water partition coefficient (Wildman–Crippen LogP) is 3.78. The highest BCUT2D eigenvalue weighted by Crippen LogP contribution is 2.21. The van der Waals surface area contributed by atoms with Crippen LogP contribution in [0.3, 0.4) is 0 Å². The number of rotatable bonds is 4. The van der Waals surface area contributed by atoms with Crippen LogP contribution in [0, 0.1) is 0 Å². The summed E-state index contributed by atoms with van der Waals surface area (Å²) in [5, 5.41) is 8.79. The highest BCUT2D eigenvalue weighted by atomic mass is 35.5. The number of carbonyl (C=O) groups is 1. The highest BCUT2D eigenvalue weighted by Gasteiger charge is 2.00. The number of hydrogen-bond acceptors (Lipinski definition) is 3. The molecule has 0 aliphatic rings. The van der Waals surface area contributed by atoms with Crippen molar-refractivity contribution in [1.29, 1.82) is 0 Å². The Kier molecular flexibility index (Phi) is 5.74. The molecule has 0 saturated carbocycles. The molecule has 1 heterocycles. The zero-order chi connectivity index (χ0) is 13.7. The van der Waals surface area contributed by atoms with Gasteiger partial charge in [-0.25, -0.2) is 4.79 Å². The van der Waals surface area contributed by atoms with Crippen molar-refractivity contribution in [3.63, 3.8) is 0 Å². The largest absolute Gasteiger partial charge is 0.478 e. The first-order chi connectivity index (χ1) is 9.15. The Morgan fingerprint density at radius 3 is 2.45 bits per heavy atom. The van der Waals surface area contributed by atoms with E-state index in [1.807, 2.05) is 6.07 Å². The van der Waals surface area contributed by atoms with Crippen molar-refractivity contribution in [3.8, 4) is 11.5 Å². The van der Waals surface area contributed by atoms with Crippen LogP contribution < -0.4 is 4.74 Å². The Labute approximate surface area is 123 Å². The summed E-state index contributed by atoms with van der Waals surface area (Å²) in [6, 6.07) is 10.8. The van der Waals surface area contributed by atoms with Crippen molar-refractivity contribution in [2.45, 2.75) is 6.92 Å². The van der Waals surface area contributed by atoms with Crippen LogP contribution in [0.4, 0.5) is 0 Å². The van der Waals surface area contributed by atoms with Gasteiger partial charge < -0.3 is 9.84 Å². The van der Waals surface area contributed by atoms with Gasteiger partial charge in [-0.15, -0.1) is 12.4 Å². The number of hydrogen-bond donors (Lipinski definition) is 1. The molecule has 4 nitrogen and oxygen atoms in total. The number of pyridine rings is 1. The Morgan fingerprint density at radius 2 is 1.90 bits per heavy atom. The Balaban J connectivity index is 0.00000200. The molecule has 0 amide bonds. The molecule has 20 heavy (non-hydrogen) atoms. The van der Waals surface area contributed by atoms with Gasteiger partial charge in [0.05, 0.1) is 6.20 Å². The van der Waals surface area contributed by atoms with Gasteiger partial charge >= 0.3 is 5.97 Å². The van der Waals surface area contributed by atoms with E-state index in [4.69, 9.17) is 9.84 Å². The van der Waals surface area contributed by atoms with Crippen molar-refractivity contribution in [1.82, 2.24) is 4.98 Å². The average Bonchev–Trinajstić information content (AvgIpc) is 2.42. The molecule has 0 unspecified atom stereocenters. The Hall–Kier alpha value is -2.33. The summed E-state index contributed by atoms with van der Waals surface area (Å²) >= 11 is 0. The van der Waals surface area contributed by atoms with Crippen LogP contribution in [0.5, 0.6) is 11.5 Å². The second-order valence-electron chi connectivity index (χ2n) is 3.99. The molecular weight excluding hydrogens is 278 g/mol. The van der Waals surface area contributed by atoms with Crippen LogP contribution in [-0.4, -0.2) is 16.1 Å². The lowest BCUT2D eigenvalue weighted by Crippen LogP contribution is -1.95. The van der Waals surface area contributed by atoms with Gasteiger partial charge in [0.2, 0.25) is 0 Å². The number of benzene rings is 1. The minimum atomic E-state index is -0.921. The van der Waals surface area contributed by atoms with Crippen LogP contribution in [0.15, 0.2) is 54.4 Å². The molecule has 0 radical (unpaired) electrons. The molecule has 0 spiro atoms. The fourth-order valence-corrected chi connectivity index (χ4v) is 1.49. The molecule has 0 aliphatic carbocycles. The first kappa shape index (κ1) is 15.7. The van der Waals surface area contributed by atoms with Crippen molar-refractivity contribution in [2.24, 2.45) is 0 Å². The van der Waals surface area contributed by atoms with Crippen molar-refractivity contribution >= 4 is 24.5 Å². The van der Waals surface area contributed by atoms with E-state index in [0.717, 1.165) is 5.56 Å². The average molecular weight is 292 g/mol. The summed E-state index contributed by atoms with van der Waals surface area (Å²) in [6.45, 7) is 1.56. The van der Waals surface area contributed by atoms with Gasteiger partial charge in [-0.05, 0) is 42.8 Å². The first-order valence-corrected chi connectivity index (χ1v) is 5.75. The van der Waals surface area contributed by atoms with E-state index in [1.54, 1.807) is 55.7 Å². The summed E-state index contributed by atoms with van der Waals surface area (Å²) in [6.07, 6.45) is 4.91. The van der Waals surface area contributed by atoms with Crippen LogP contribution >= 0.6 is 12.4 Å². The smallest absolute Gasteiger partial charge is 0.331 e. The van der Waals surface area contributed by atoms with E-state index < -0.39 is 5.97 Å². The monoisotopic (exact) mass is 291 g/mol. The summed E-state index contributed by atoms with van der Waals surface area (Å²) < 4.78 is 5.59. The number of aromatic nitrogens is 1. The zero-order valence-corrected chi connectivity index (χ0v) is 11.6. The molecule has 0 saturated heterocycles. The van der Waals surface area contributed by atoms with E-state index in [-0.39, 0.29) is 12.4 Å². The van der Waals surface area contributed by atoms with Gasteiger partial charge in [0.1, 0.15) is 11.5 Å². The topological polar surface area (TPSA) is 59.4 Å². The maximum atomic E-state index is 10.7. The fourth-order valence-electron chi connectivity index (χ4n) is 1.49. The van der Waals surface area contributed by atoms with Crippen LogP contribution in [0.25, 0.3) is 6.08 Å². The molecule has 0 atom stereocenters. The molecule has 1 aromatic carbocycles. The molecular formula is C15H14ClNO3. The number of carboxylic acid groups (broad SMARTS) is 1. The number of carboxylic acids is 1. The zero-order valence-electron chi connectivity index (χ0n) is 10.8. The fraction of sp³-hybridized carbons (Fsp3) is 0.0667. The quantitative estimate of drug-likeness (QED) is 0.871. The molecule has 1 N–H and O–H groups in total. The van der Waals surface area contributed by atoms with E-state index >= 15 is 0 Å². The van der Waals surface area contributed by atoms with E-state index in [1.165, 1.54) is 0 Å². The molecule has 5 heteroatoms. The van der Waals surface area contributed by atoms with Gasteiger partial charge in [0.15, 0.2) is 0 Å². The summed E-state index contributed by atoms with van der Waals surface area (Å²) in [5.41, 5.74) is 1.11. The predicted molar refractivity (Wildman–Crippen MR) is 79.3 cm³/mol. The molecule has 2 rings (SSSR count). The summed E-state index contributed by atoms with van der Waals surface area (Å²) in [5.74, 6) is 0.418. The van der Waals surface area contributed by atoms with Crippen molar-refractivity contribution < 1.29 is 14.6 Å². The minimum Gasteiger partial charge on any atom is -0.478 e. The third kappa shape index (κ3) is 4.40. The molecule has 104 valence electrons. The Morgan fingerprint density at radius 1 is 1.20 bits per heavy atom. The molecule has 1 aromatic heterocycles. The molecule has 2 aromatic rings. The number of halogens is 1. The van der Waals surface area contributed by atoms with E-state index in [0.29, 0.717) is 17.1 Å². The second-order valence-corrected chi connectivity index (χ2v) is 3.99. The number of aliphatic carboxylic acids is 1. The second kappa shape index (κ2) is 7.31. The number of ether oxygens (including phenoxy) is 1. The normalized spacial score (nSPS) is 10.6. The summed E-state index contributed by atoms with van der Waals surface area (Å²) in [7, 11) is 0. The van der Waals surface area contributed by atoms with Gasteiger partial charge in [-0.3, -0.25) is 4.98 Å². The van der Waals surface area contributed by atoms with Gasteiger partial charge in [0.25, 0.3) is 0 Å². The standard InChI is InChI=1S/C15H13NO3.ClH/c1-11(15(17)18)9-12-4-6-13(7-5-12)19-14-3-2-8-16-10-14;/h2-10H,1H3,(H,17,18);1H. The molecule has 0 bridgehead atoms. The molecule has 0 aliphatic heterocycles. The van der Waals surface area contributed by atoms with Gasteiger partial charge in [0, 0.05) is 11.8 Å². The van der Waals surface area contributed by atoms with Crippen LogP contribution in [0.1, 0.15) is 12.5 Å². The Bertz CT molecular complexity index is 594. The first-order valence-electron chi connectivity index (χ1n) is 5.75. The maximum absolute atomic E-state index is 10.7. The van der Waals surface area contributed by atoms with Crippen LogP contribution in [-0.2, 0) is 4.79 Å². The van der Waals surface area contributed by atoms with E-state index in [9.17, 15) is 4.79 Å². The third-order valence-electron chi connectivity index (χ3n) is 2.47. The van der Waals surface area contributed by atoms with Gasteiger partial charge in [-0.2, -0.15) is 0 Å². The van der Waals surface area contributed by atoms with Crippen LogP contribution in [0.2, 0.25) is 0 Å². The van der Waals surface area contributed by atoms with E-state index in [2.05, 4.69) is 4.98 Å². The minimum absolute atomic E-state index is 0. The lowest BCUT2D eigenvalue weighted by Gasteiger charge is -2.05. The van der Waals surface area contributed by atoms with Crippen molar-refractivity contribution in [3.05, 3.63) is 59.9 Å². The highest BCUT2D eigenvalue weighted by molar-refractivity contribution is 5.91.